The molecule has 0 radical (unpaired) electrons. The Morgan fingerprint density at radius 2 is 1.74 bits per heavy atom. The van der Waals surface area contributed by atoms with Crippen LogP contribution < -0.4 is 4.90 Å². The standard InChI is InChI=1S/C22H34N2O2Si/c1-15(2)27(16(3)4,17(5)6)14-11-20(25)18(7)22(26)24-13-10-19-9-8-12-23-21(19)24/h8-9,12,15-18,20,25H,10,13H2,1-7H3/t18-,20-/m1/s1. The van der Waals surface area contributed by atoms with Crippen LogP contribution in [-0.4, -0.2) is 36.7 Å². The number of aliphatic hydroxyl groups is 1. The van der Waals surface area contributed by atoms with Crippen molar-refractivity contribution >= 4 is 19.8 Å². The molecule has 2 rings (SSSR count). The van der Waals surface area contributed by atoms with Gasteiger partial charge in [0, 0.05) is 12.7 Å². The number of pyridine rings is 1. The number of fused-ring (bicyclic) bond motifs is 1. The number of carbonyl (C=O) groups excluding carboxylic acids is 1. The zero-order valence-electron chi connectivity index (χ0n) is 17.8. The molecule has 2 heterocycles. The van der Waals surface area contributed by atoms with Gasteiger partial charge in [-0.05, 0) is 34.7 Å². The zero-order valence-corrected chi connectivity index (χ0v) is 18.8. The molecule has 0 bridgehead atoms. The molecule has 1 aliphatic heterocycles. The van der Waals surface area contributed by atoms with E-state index in [0.717, 1.165) is 17.8 Å². The maximum Gasteiger partial charge on any atom is 0.234 e. The fourth-order valence-electron chi connectivity index (χ4n) is 4.56. The number of carbonyl (C=O) groups is 1. The number of aliphatic hydroxyl groups excluding tert-OH is 1. The van der Waals surface area contributed by atoms with Crippen molar-refractivity contribution in [3.05, 3.63) is 23.9 Å². The Kier molecular flexibility index (Phi) is 6.88. The first kappa shape index (κ1) is 21.7. The quantitative estimate of drug-likeness (QED) is 0.610. The van der Waals surface area contributed by atoms with Crippen molar-refractivity contribution in [3.63, 3.8) is 0 Å². The minimum atomic E-state index is -1.92. The molecule has 0 saturated heterocycles. The normalized spacial score (nSPS) is 16.3. The lowest BCUT2D eigenvalue weighted by molar-refractivity contribution is -0.124. The van der Waals surface area contributed by atoms with E-state index in [4.69, 9.17) is 0 Å². The molecule has 4 nitrogen and oxygen atoms in total. The van der Waals surface area contributed by atoms with Crippen LogP contribution in [0.2, 0.25) is 16.6 Å². The largest absolute Gasteiger partial charge is 0.380 e. The molecule has 0 spiro atoms. The van der Waals surface area contributed by atoms with Crippen molar-refractivity contribution in [2.75, 3.05) is 11.4 Å². The predicted molar refractivity (Wildman–Crippen MR) is 114 cm³/mol. The third-order valence-corrected chi connectivity index (χ3v) is 12.5. The lowest BCUT2D eigenvalue weighted by atomic mass is 10.0. The van der Waals surface area contributed by atoms with Gasteiger partial charge < -0.3 is 5.11 Å². The van der Waals surface area contributed by atoms with Crippen LogP contribution in [0.3, 0.4) is 0 Å². The molecule has 0 saturated carbocycles. The maximum absolute atomic E-state index is 12.9. The van der Waals surface area contributed by atoms with Crippen LogP contribution in [0.4, 0.5) is 5.82 Å². The van der Waals surface area contributed by atoms with Gasteiger partial charge in [-0.15, -0.1) is 5.54 Å². The van der Waals surface area contributed by atoms with Crippen molar-refractivity contribution < 1.29 is 9.90 Å². The summed E-state index contributed by atoms with van der Waals surface area (Å²) in [4.78, 5) is 19.0. The van der Waals surface area contributed by atoms with Crippen molar-refractivity contribution in [3.8, 4) is 11.5 Å². The minimum Gasteiger partial charge on any atom is -0.380 e. The molecule has 0 aromatic carbocycles. The van der Waals surface area contributed by atoms with Gasteiger partial charge in [-0.1, -0.05) is 60.5 Å². The Labute approximate surface area is 165 Å². The highest BCUT2D eigenvalue weighted by Gasteiger charge is 2.42. The van der Waals surface area contributed by atoms with Gasteiger partial charge in [0.25, 0.3) is 0 Å². The van der Waals surface area contributed by atoms with Crippen LogP contribution >= 0.6 is 0 Å². The number of aromatic nitrogens is 1. The van der Waals surface area contributed by atoms with Crippen molar-refractivity contribution in [2.24, 2.45) is 5.92 Å². The molecule has 5 heteroatoms. The summed E-state index contributed by atoms with van der Waals surface area (Å²) in [5.74, 6) is 3.16. The second kappa shape index (κ2) is 8.58. The molecular weight excluding hydrogens is 352 g/mol. The van der Waals surface area contributed by atoms with Gasteiger partial charge in [-0.3, -0.25) is 9.69 Å². The van der Waals surface area contributed by atoms with Gasteiger partial charge in [0.05, 0.1) is 5.92 Å². The Balaban J connectivity index is 2.22. The Morgan fingerprint density at radius 1 is 1.15 bits per heavy atom. The summed E-state index contributed by atoms with van der Waals surface area (Å²) in [5.41, 5.74) is 6.11. The molecule has 1 amide bonds. The van der Waals surface area contributed by atoms with Gasteiger partial charge in [0.15, 0.2) is 0 Å². The number of rotatable bonds is 5. The second-order valence-corrected chi connectivity index (χ2v) is 14.2. The summed E-state index contributed by atoms with van der Waals surface area (Å²) in [6.07, 6.45) is 1.57. The minimum absolute atomic E-state index is 0.0971. The van der Waals surface area contributed by atoms with E-state index in [0.29, 0.717) is 23.2 Å². The first-order valence-corrected chi connectivity index (χ1v) is 12.3. The highest BCUT2D eigenvalue weighted by atomic mass is 28.3. The van der Waals surface area contributed by atoms with Gasteiger partial charge >= 0.3 is 0 Å². The summed E-state index contributed by atoms with van der Waals surface area (Å²) < 4.78 is 0. The molecule has 0 aliphatic carbocycles. The smallest absolute Gasteiger partial charge is 0.234 e. The van der Waals surface area contributed by atoms with E-state index in [-0.39, 0.29) is 5.91 Å². The van der Waals surface area contributed by atoms with Gasteiger partial charge in [0.1, 0.15) is 20.0 Å². The van der Waals surface area contributed by atoms with Crippen LogP contribution in [0.25, 0.3) is 0 Å². The molecule has 1 aliphatic rings. The number of amides is 1. The second-order valence-electron chi connectivity index (χ2n) is 8.63. The highest BCUT2D eigenvalue weighted by molar-refractivity contribution is 6.90. The van der Waals surface area contributed by atoms with Crippen LogP contribution in [0, 0.1) is 17.4 Å². The molecule has 0 unspecified atom stereocenters. The Bertz CT molecular complexity index is 712. The van der Waals surface area contributed by atoms with E-state index in [1.165, 1.54) is 0 Å². The van der Waals surface area contributed by atoms with Gasteiger partial charge in [-0.2, -0.15) is 0 Å². The molecular formula is C22H34N2O2Si. The number of nitrogens with zero attached hydrogens (tertiary/aromatic N) is 2. The van der Waals surface area contributed by atoms with Crippen molar-refractivity contribution in [1.82, 2.24) is 4.98 Å². The van der Waals surface area contributed by atoms with Crippen molar-refractivity contribution in [2.45, 2.75) is 77.6 Å². The van der Waals surface area contributed by atoms with E-state index in [1.54, 1.807) is 18.0 Å². The van der Waals surface area contributed by atoms with E-state index in [1.807, 2.05) is 12.1 Å². The van der Waals surface area contributed by atoms with E-state index in [2.05, 4.69) is 58.0 Å². The maximum atomic E-state index is 12.9. The number of hydrogen-bond donors (Lipinski definition) is 1. The van der Waals surface area contributed by atoms with E-state index < -0.39 is 20.1 Å². The lowest BCUT2D eigenvalue weighted by Gasteiger charge is -2.38. The number of anilines is 1. The molecule has 148 valence electrons. The third kappa shape index (κ3) is 4.12. The molecule has 27 heavy (non-hydrogen) atoms. The fourth-order valence-corrected chi connectivity index (χ4v) is 9.82. The summed E-state index contributed by atoms with van der Waals surface area (Å²) in [6.45, 7) is 15.9. The van der Waals surface area contributed by atoms with E-state index in [9.17, 15) is 9.90 Å². The summed E-state index contributed by atoms with van der Waals surface area (Å²) in [6, 6.07) is 3.90. The molecule has 1 N–H and O–H groups in total. The summed E-state index contributed by atoms with van der Waals surface area (Å²) in [5, 5.41) is 10.7. The predicted octanol–water partition coefficient (Wildman–Crippen LogP) is 4.19. The summed E-state index contributed by atoms with van der Waals surface area (Å²) >= 11 is 0. The van der Waals surface area contributed by atoms with Crippen LogP contribution in [0.15, 0.2) is 18.3 Å². The third-order valence-electron chi connectivity index (χ3n) is 6.16. The molecule has 0 fully saturated rings. The fraction of sp³-hybridized carbons (Fsp3) is 0.636. The first-order valence-electron chi connectivity index (χ1n) is 10.1. The zero-order chi connectivity index (χ0) is 20.4. The lowest BCUT2D eigenvalue weighted by Crippen LogP contribution is -2.44. The van der Waals surface area contributed by atoms with Gasteiger partial charge in [-0.25, -0.2) is 4.98 Å². The molecule has 1 aromatic heterocycles. The Morgan fingerprint density at radius 3 is 2.30 bits per heavy atom. The average Bonchev–Trinajstić information content (AvgIpc) is 3.03. The first-order chi connectivity index (χ1) is 12.6. The van der Waals surface area contributed by atoms with Gasteiger partial charge in [0.2, 0.25) is 5.91 Å². The SMILES string of the molecule is CC(C)[Si](C#C[C@@H](O)[C@@H](C)C(=O)N1CCc2cccnc21)(C(C)C)C(C)C. The monoisotopic (exact) mass is 386 g/mol. The molecule has 1 aromatic rings. The molecule has 2 atom stereocenters. The average molecular weight is 387 g/mol. The Hall–Kier alpha value is -1.64. The van der Waals surface area contributed by atoms with Crippen LogP contribution in [0.1, 0.15) is 54.0 Å². The van der Waals surface area contributed by atoms with Crippen molar-refractivity contribution in [1.29, 1.82) is 0 Å². The van der Waals surface area contributed by atoms with Crippen LogP contribution in [0.5, 0.6) is 0 Å². The van der Waals surface area contributed by atoms with E-state index >= 15 is 0 Å². The van der Waals surface area contributed by atoms with Crippen LogP contribution in [-0.2, 0) is 11.2 Å². The highest BCUT2D eigenvalue weighted by Crippen LogP contribution is 2.40. The number of hydrogen-bond acceptors (Lipinski definition) is 3. The summed E-state index contributed by atoms with van der Waals surface area (Å²) in [7, 11) is -1.92. The topological polar surface area (TPSA) is 53.4 Å².